The van der Waals surface area contributed by atoms with Gasteiger partial charge >= 0.3 is 5.97 Å². The van der Waals surface area contributed by atoms with Crippen LogP contribution in [0, 0.1) is 104 Å². The van der Waals surface area contributed by atoms with E-state index in [-0.39, 0.29) is 34.7 Å². The molecule has 0 bridgehead atoms. The molecular formula is C119H148N8O10. The fourth-order valence-electron chi connectivity index (χ4n) is 16.3. The number of ether oxygens (including phenoxy) is 3. The monoisotopic (exact) mass is 1850 g/mol. The van der Waals surface area contributed by atoms with Crippen molar-refractivity contribution in [3.05, 3.63) is 396 Å². The zero-order chi connectivity index (χ0) is 101. The number of nitrogens with two attached hydrogens (primary N) is 8. The second-order valence-corrected chi connectivity index (χ2v) is 36.0. The third kappa shape index (κ3) is 32.0. The molecule has 724 valence electrons. The van der Waals surface area contributed by atoms with Crippen LogP contribution in [-0.2, 0) is 56.1 Å². The summed E-state index contributed by atoms with van der Waals surface area (Å²) in [7, 11) is 3.21. The van der Waals surface area contributed by atoms with Gasteiger partial charge in [-0.1, -0.05) is 210 Å². The number of carbonyl (C=O) groups is 1. The molecule has 0 saturated heterocycles. The number of para-hydroxylation sites is 3. The van der Waals surface area contributed by atoms with Gasteiger partial charge in [-0.15, -0.1) is 0 Å². The molecule has 0 aliphatic carbocycles. The van der Waals surface area contributed by atoms with E-state index in [1.807, 2.05) is 287 Å². The molecule has 0 heterocycles. The summed E-state index contributed by atoms with van der Waals surface area (Å²) < 4.78 is 16.5. The number of hydrogen-bond donors (Lipinski definition) is 14. The average Bonchev–Trinajstić information content (AvgIpc) is 0.825. The molecule has 0 spiro atoms. The van der Waals surface area contributed by atoms with Gasteiger partial charge in [-0.25, -0.2) is 4.79 Å². The van der Waals surface area contributed by atoms with E-state index in [2.05, 4.69) is 52.0 Å². The Labute approximate surface area is 814 Å². The highest BCUT2D eigenvalue weighted by atomic mass is 16.5. The largest absolute Gasteiger partial charge is 0.508 e. The van der Waals surface area contributed by atoms with Crippen LogP contribution in [-0.4, -0.2) is 57.4 Å². The maximum atomic E-state index is 12.7. The molecule has 22 N–H and O–H groups in total. The molecular weight excluding hydrogens is 1700 g/mol. The zero-order valence-electron chi connectivity index (χ0n) is 84.7. The summed E-state index contributed by atoms with van der Waals surface area (Å²) >= 11 is 0. The Bertz CT molecular complexity index is 5920. The van der Waals surface area contributed by atoms with Gasteiger partial charge in [0.1, 0.15) is 46.0 Å². The molecule has 14 aromatic rings. The minimum atomic E-state index is -0.381. The minimum Gasteiger partial charge on any atom is -0.508 e. The summed E-state index contributed by atoms with van der Waals surface area (Å²) in [6.07, 6.45) is 7.22. The number of anilines is 8. The van der Waals surface area contributed by atoms with Crippen molar-refractivity contribution in [2.75, 3.05) is 66.7 Å². The number of carbonyl (C=O) groups excluding carboxylic acids is 1. The fraction of sp³-hybridized carbons (Fsp3) is 0.286. The number of phenolic OH excluding ortho intramolecular Hbond substituents is 6. The van der Waals surface area contributed by atoms with Gasteiger partial charge in [-0.2, -0.15) is 0 Å². The molecule has 0 unspecified atom stereocenters. The Hall–Kier alpha value is -14.7. The first kappa shape index (κ1) is 109. The van der Waals surface area contributed by atoms with Crippen molar-refractivity contribution >= 4 is 51.5 Å². The summed E-state index contributed by atoms with van der Waals surface area (Å²) in [5.74, 6) is 2.37. The normalized spacial score (nSPS) is 10.5. The number of hydrogen-bond acceptors (Lipinski definition) is 18. The predicted octanol–water partition coefficient (Wildman–Crippen LogP) is 25.8. The number of benzene rings is 14. The lowest BCUT2D eigenvalue weighted by atomic mass is 9.91. The molecule has 0 aliphatic heterocycles. The van der Waals surface area contributed by atoms with Gasteiger partial charge in [0.2, 0.25) is 0 Å². The maximum absolute atomic E-state index is 12.7. The first-order chi connectivity index (χ1) is 64.9. The number of nitrogen functional groups attached to an aromatic ring is 8. The topological polar surface area (TPSA) is 374 Å². The van der Waals surface area contributed by atoms with E-state index in [4.69, 9.17) is 65.2 Å². The fourth-order valence-corrected chi connectivity index (χ4v) is 16.3. The van der Waals surface area contributed by atoms with Gasteiger partial charge in [0, 0.05) is 119 Å². The van der Waals surface area contributed by atoms with Gasteiger partial charge in [0.15, 0.2) is 0 Å². The van der Waals surface area contributed by atoms with E-state index in [0.717, 1.165) is 202 Å². The second-order valence-electron chi connectivity index (χ2n) is 36.0. The summed E-state index contributed by atoms with van der Waals surface area (Å²) in [5.41, 5.74) is 83.5. The van der Waals surface area contributed by atoms with Gasteiger partial charge in [-0.3, -0.25) is 0 Å². The zero-order valence-corrected chi connectivity index (χ0v) is 84.7. The number of aromatic hydroxyl groups is 6. The van der Waals surface area contributed by atoms with E-state index < -0.39 is 0 Å². The molecule has 0 aromatic heterocycles. The van der Waals surface area contributed by atoms with Gasteiger partial charge in [-0.05, 0) is 316 Å². The maximum Gasteiger partial charge on any atom is 0.338 e. The van der Waals surface area contributed by atoms with Gasteiger partial charge in [0.25, 0.3) is 0 Å². The quantitative estimate of drug-likeness (QED) is 0.0235. The van der Waals surface area contributed by atoms with Gasteiger partial charge < -0.3 is 90.7 Å². The molecule has 0 aliphatic rings. The van der Waals surface area contributed by atoms with Crippen LogP contribution in [0.15, 0.2) is 218 Å². The van der Waals surface area contributed by atoms with Gasteiger partial charge in [0.05, 0.1) is 26.4 Å². The first-order valence-electron chi connectivity index (χ1n) is 46.9. The Kier molecular flexibility index (Phi) is 41.7. The summed E-state index contributed by atoms with van der Waals surface area (Å²) in [5, 5.41) is 65.3. The second kappa shape index (κ2) is 52.3. The van der Waals surface area contributed by atoms with Crippen LogP contribution < -0.4 is 55.3 Å². The van der Waals surface area contributed by atoms with Crippen molar-refractivity contribution in [3.8, 4) is 46.0 Å². The Morgan fingerprint density at radius 1 is 0.255 bits per heavy atom. The highest BCUT2D eigenvalue weighted by molar-refractivity contribution is 5.90. The molecule has 0 atom stereocenters. The van der Waals surface area contributed by atoms with Crippen LogP contribution >= 0.6 is 0 Å². The molecule has 0 saturated carbocycles. The van der Waals surface area contributed by atoms with Crippen molar-refractivity contribution in [2.24, 2.45) is 0 Å². The Morgan fingerprint density at radius 3 is 0.642 bits per heavy atom. The highest BCUT2D eigenvalue weighted by Gasteiger charge is 2.23. The van der Waals surface area contributed by atoms with Crippen molar-refractivity contribution in [2.45, 2.75) is 209 Å². The van der Waals surface area contributed by atoms with E-state index in [1.165, 1.54) is 12.8 Å². The third-order valence-corrected chi connectivity index (χ3v) is 23.5. The molecule has 18 nitrogen and oxygen atoms in total. The standard InChI is InChI=1S/C33H38N2O4.C33H38N2O2.C28H34N2O3.C7H8O.2C6H7N.2C3H8/c1-18-7-22(8-19(2)30(18)34)11-24-14-28(38-5)16-26(32(24)36)13-27-17-29(39-6)15-25(33(27)37)12-23-9-20(3)31(35)21(4)10-23;1-18-7-26(15-24-11-20(3)30(34)21(4)12-24)32(36)28(9-18)17-29-10-19(2)8-27(33(29)37)16-25-13-22(5)31(35)23(6)14-25;1-6-7-33-28(32)24-14-22(12-20-8-16(2)25(29)17(3)9-20)27(31)23(15-24)13-21-10-18(4)26(30)19(5)11-21;1-6-4-2-3-5-7(6)8;2*7-6-4-2-1-3-5-6;2*1-3-2/h7-10,14-17,36-37H,11-13,34-35H2,1-6H3;7-14,36-37H,15-17,34-35H2,1-6H3;8-11,14-15,31H,6-7,12-13,29-30H2,1-5H3;2-5,8H,1H3;2*1-5H,7H2;2*3H2,1-2H3. The third-order valence-electron chi connectivity index (χ3n) is 23.5. The molecule has 18 heteroatoms. The molecule has 137 heavy (non-hydrogen) atoms. The lowest BCUT2D eigenvalue weighted by Gasteiger charge is -2.17. The summed E-state index contributed by atoms with van der Waals surface area (Å²) in [6.45, 7) is 40.7. The van der Waals surface area contributed by atoms with Crippen molar-refractivity contribution in [3.63, 3.8) is 0 Å². The van der Waals surface area contributed by atoms with E-state index in [9.17, 15) is 30.3 Å². The molecule has 14 rings (SSSR count). The van der Waals surface area contributed by atoms with Crippen molar-refractivity contribution in [1.82, 2.24) is 0 Å². The lowest BCUT2D eigenvalue weighted by Crippen LogP contribution is -2.08. The smallest absolute Gasteiger partial charge is 0.338 e. The summed E-state index contributed by atoms with van der Waals surface area (Å²) in [4.78, 5) is 12.7. The number of aryl methyl sites for hydroxylation is 15. The van der Waals surface area contributed by atoms with Crippen LogP contribution in [0.5, 0.6) is 46.0 Å². The van der Waals surface area contributed by atoms with E-state index >= 15 is 0 Å². The van der Waals surface area contributed by atoms with E-state index in [0.29, 0.717) is 103 Å². The molecule has 14 aromatic carbocycles. The van der Waals surface area contributed by atoms with Crippen LogP contribution in [0.25, 0.3) is 0 Å². The predicted molar refractivity (Wildman–Crippen MR) is 575 cm³/mol. The highest BCUT2D eigenvalue weighted by Crippen LogP contribution is 2.41. The lowest BCUT2D eigenvalue weighted by molar-refractivity contribution is 0.0504. The molecule has 0 amide bonds. The van der Waals surface area contributed by atoms with Crippen molar-refractivity contribution in [1.29, 1.82) is 0 Å². The molecule has 0 fully saturated rings. The minimum absolute atomic E-state index is 0.177. The number of phenols is 6. The average molecular weight is 1850 g/mol. The van der Waals surface area contributed by atoms with Crippen LogP contribution in [0.1, 0.15) is 237 Å². The summed E-state index contributed by atoms with van der Waals surface area (Å²) in [6, 6.07) is 69.7. The Balaban J connectivity index is 0.000000244. The van der Waals surface area contributed by atoms with Crippen LogP contribution in [0.2, 0.25) is 0 Å². The number of rotatable bonds is 21. The molecule has 0 radical (unpaired) electrons. The van der Waals surface area contributed by atoms with Crippen molar-refractivity contribution < 1.29 is 49.6 Å². The first-order valence-corrected chi connectivity index (χ1v) is 46.9. The number of esters is 1. The Morgan fingerprint density at radius 2 is 0.453 bits per heavy atom. The van der Waals surface area contributed by atoms with Crippen LogP contribution in [0.4, 0.5) is 45.5 Å². The van der Waals surface area contributed by atoms with E-state index in [1.54, 1.807) is 32.4 Å². The SMILES string of the molecule is CCC.CCC.CCCOC(=O)c1cc(Cc2cc(C)c(N)c(C)c2)c(O)c(Cc2cc(C)c(N)c(C)c2)c1.COc1cc(Cc2cc(C)c(N)c(C)c2)c(O)c(Cc2cc(OC)cc(Cc3cc(C)c(N)c(C)c3)c2O)c1.Cc1cc(Cc2cc(C)c(N)c(C)c2)c(O)c(Cc2cc(C)cc(Cc3cc(C)c(N)c(C)c3)c2O)c1.Cc1ccccc1O.Nc1ccccc1.Nc1ccccc1. The number of methoxy groups -OCH3 is 2. The van der Waals surface area contributed by atoms with Crippen LogP contribution in [0.3, 0.4) is 0 Å².